The number of fused-ring (bicyclic) bond motifs is 3. The molecule has 0 spiro atoms. The smallest absolute Gasteiger partial charge is 0.383 e. The molecule has 1 aromatic heterocycles. The fourth-order valence-corrected chi connectivity index (χ4v) is 4.46. The van der Waals surface area contributed by atoms with Crippen LogP contribution in [0.4, 0.5) is 24.7 Å². The van der Waals surface area contributed by atoms with Crippen molar-refractivity contribution in [1.82, 2.24) is 15.4 Å². The van der Waals surface area contributed by atoms with Crippen LogP contribution in [-0.2, 0) is 9.53 Å². The molecule has 1 saturated heterocycles. The second-order valence-corrected chi connectivity index (χ2v) is 8.09. The molecule has 1 amide bonds. The maximum absolute atomic E-state index is 13.4. The zero-order valence-corrected chi connectivity index (χ0v) is 17.1. The monoisotopic (exact) mass is 445 g/mol. The molecule has 1 aromatic carbocycles. The number of anilines is 2. The highest BCUT2D eigenvalue weighted by Crippen LogP contribution is 2.44. The van der Waals surface area contributed by atoms with Gasteiger partial charge in [0.15, 0.2) is 0 Å². The summed E-state index contributed by atoms with van der Waals surface area (Å²) in [5.74, 6) is -0.418. The summed E-state index contributed by atoms with van der Waals surface area (Å²) < 4.78 is 46.0. The van der Waals surface area contributed by atoms with Gasteiger partial charge in [0.1, 0.15) is 18.6 Å². The summed E-state index contributed by atoms with van der Waals surface area (Å²) in [5, 5.41) is 1.71. The van der Waals surface area contributed by atoms with Crippen LogP contribution in [0.15, 0.2) is 48.3 Å². The Morgan fingerprint density at radius 3 is 2.81 bits per heavy atom. The van der Waals surface area contributed by atoms with Crippen molar-refractivity contribution in [3.63, 3.8) is 0 Å². The molecule has 2 aromatic rings. The molecule has 0 bridgehead atoms. The first-order valence-electron chi connectivity index (χ1n) is 10.4. The number of halogens is 3. The number of alkyl halides is 3. The van der Waals surface area contributed by atoms with Crippen molar-refractivity contribution in [2.24, 2.45) is 0 Å². The van der Waals surface area contributed by atoms with Gasteiger partial charge < -0.3 is 10.5 Å². The number of amides is 1. The van der Waals surface area contributed by atoms with Crippen molar-refractivity contribution in [1.29, 1.82) is 0 Å². The summed E-state index contributed by atoms with van der Waals surface area (Å²) >= 11 is 0. The number of nitrogen functional groups attached to an aromatic ring is 1. The van der Waals surface area contributed by atoms with E-state index in [1.807, 2.05) is 0 Å². The van der Waals surface area contributed by atoms with E-state index in [0.717, 1.165) is 24.2 Å². The first-order chi connectivity index (χ1) is 15.3. The van der Waals surface area contributed by atoms with Gasteiger partial charge in [0.2, 0.25) is 0 Å². The summed E-state index contributed by atoms with van der Waals surface area (Å²) in [7, 11) is 0. The van der Waals surface area contributed by atoms with Crippen LogP contribution in [0, 0.1) is 0 Å². The molecule has 4 heterocycles. The Bertz CT molecular complexity index is 1080. The standard InChI is InChI=1S/C22H22F3N5O2/c23-22(24,25)12-29-17-10-13(14-4-3-8-27-20(14)26)6-7-15(17)19-16(21(29)31)11-30(28-19)18-5-1-2-9-32-18/h3-4,6-8,10-11,18-19,28H,1-2,5,9,12H2,(H2,26,27). The molecule has 0 radical (unpaired) electrons. The molecule has 3 aliphatic heterocycles. The Morgan fingerprint density at radius 1 is 1.25 bits per heavy atom. The van der Waals surface area contributed by atoms with Crippen LogP contribution in [0.1, 0.15) is 30.9 Å². The molecular formula is C22H22F3N5O2. The molecule has 2 atom stereocenters. The number of hydrogen-bond donors (Lipinski definition) is 2. The predicted octanol–water partition coefficient (Wildman–Crippen LogP) is 3.51. The van der Waals surface area contributed by atoms with Gasteiger partial charge in [0, 0.05) is 24.6 Å². The fourth-order valence-electron chi connectivity index (χ4n) is 4.46. The first kappa shape index (κ1) is 20.8. The van der Waals surface area contributed by atoms with Gasteiger partial charge >= 0.3 is 6.18 Å². The first-order valence-corrected chi connectivity index (χ1v) is 10.4. The van der Waals surface area contributed by atoms with Crippen molar-refractivity contribution in [3.05, 3.63) is 53.9 Å². The quantitative estimate of drug-likeness (QED) is 0.753. The van der Waals surface area contributed by atoms with Crippen LogP contribution in [0.25, 0.3) is 11.1 Å². The maximum Gasteiger partial charge on any atom is 0.406 e. The largest absolute Gasteiger partial charge is 0.406 e. The SMILES string of the molecule is Nc1ncccc1-c1ccc2c(c1)N(CC(F)(F)F)C(=O)C1=CN(C3CCCCO3)NC12. The second-order valence-electron chi connectivity index (χ2n) is 8.09. The number of ether oxygens (including phenoxy) is 1. The lowest BCUT2D eigenvalue weighted by molar-refractivity contribution is -0.130. The molecule has 5 rings (SSSR count). The summed E-state index contributed by atoms with van der Waals surface area (Å²) in [6.07, 6.45) is 1.03. The molecule has 2 unspecified atom stereocenters. The third kappa shape index (κ3) is 3.69. The van der Waals surface area contributed by atoms with Crippen LogP contribution >= 0.6 is 0 Å². The van der Waals surface area contributed by atoms with Gasteiger partial charge in [0.25, 0.3) is 5.91 Å². The molecule has 168 valence electrons. The Morgan fingerprint density at radius 2 is 2.09 bits per heavy atom. The summed E-state index contributed by atoms with van der Waals surface area (Å²) in [4.78, 5) is 18.0. The van der Waals surface area contributed by atoms with Crippen LogP contribution in [0.2, 0.25) is 0 Å². The molecule has 10 heteroatoms. The number of carbonyl (C=O) groups excluding carboxylic acids is 1. The van der Waals surface area contributed by atoms with Gasteiger partial charge in [-0.15, -0.1) is 0 Å². The van der Waals surface area contributed by atoms with E-state index in [9.17, 15) is 18.0 Å². The normalized spacial score (nSPS) is 23.1. The number of nitrogens with one attached hydrogen (secondary N) is 1. The number of benzene rings is 1. The Balaban J connectivity index is 1.57. The highest BCUT2D eigenvalue weighted by atomic mass is 19.4. The molecule has 32 heavy (non-hydrogen) atoms. The average Bonchev–Trinajstić information content (AvgIpc) is 3.22. The number of hydrazine groups is 1. The molecule has 1 fully saturated rings. The molecule has 0 saturated carbocycles. The van der Waals surface area contributed by atoms with Crippen molar-refractivity contribution in [2.45, 2.75) is 37.7 Å². The van der Waals surface area contributed by atoms with E-state index in [1.165, 1.54) is 6.20 Å². The van der Waals surface area contributed by atoms with Gasteiger partial charge in [0.05, 0.1) is 17.3 Å². The average molecular weight is 445 g/mol. The Hall–Kier alpha value is -3.11. The summed E-state index contributed by atoms with van der Waals surface area (Å²) in [5.41, 5.74) is 11.5. The number of rotatable bonds is 3. The van der Waals surface area contributed by atoms with Crippen LogP contribution in [0.3, 0.4) is 0 Å². The van der Waals surface area contributed by atoms with Gasteiger partial charge in [-0.1, -0.05) is 12.1 Å². The number of hydrogen-bond acceptors (Lipinski definition) is 6. The Kier molecular flexibility index (Phi) is 5.06. The van der Waals surface area contributed by atoms with Crippen LogP contribution in [0.5, 0.6) is 0 Å². The number of pyridine rings is 1. The molecule has 3 N–H and O–H groups in total. The summed E-state index contributed by atoms with van der Waals surface area (Å²) in [6, 6.07) is 7.99. The second kappa shape index (κ2) is 7.79. The minimum Gasteiger partial charge on any atom is -0.383 e. The van der Waals surface area contributed by atoms with Gasteiger partial charge in [-0.3, -0.25) is 14.7 Å². The molecule has 0 aliphatic carbocycles. The predicted molar refractivity (Wildman–Crippen MR) is 112 cm³/mol. The van der Waals surface area contributed by atoms with Crippen molar-refractivity contribution < 1.29 is 22.7 Å². The zero-order valence-electron chi connectivity index (χ0n) is 17.1. The molecule has 7 nitrogen and oxygen atoms in total. The minimum absolute atomic E-state index is 0.203. The maximum atomic E-state index is 13.4. The molecular weight excluding hydrogens is 423 g/mol. The number of nitrogens with two attached hydrogens (primary N) is 1. The summed E-state index contributed by atoms with van der Waals surface area (Å²) in [6.45, 7) is -0.772. The van der Waals surface area contributed by atoms with Crippen molar-refractivity contribution in [2.75, 3.05) is 23.8 Å². The van der Waals surface area contributed by atoms with Gasteiger partial charge in [-0.2, -0.15) is 13.2 Å². The highest BCUT2D eigenvalue weighted by Gasteiger charge is 2.45. The number of aromatic nitrogens is 1. The third-order valence-electron chi connectivity index (χ3n) is 5.94. The lowest BCUT2D eigenvalue weighted by Crippen LogP contribution is -2.46. The lowest BCUT2D eigenvalue weighted by Gasteiger charge is -2.35. The molecule has 3 aliphatic rings. The topological polar surface area (TPSA) is 83.7 Å². The van der Waals surface area contributed by atoms with Crippen LogP contribution < -0.4 is 16.1 Å². The van der Waals surface area contributed by atoms with Crippen molar-refractivity contribution in [3.8, 4) is 11.1 Å². The van der Waals surface area contributed by atoms with E-state index in [1.54, 1.807) is 41.5 Å². The van der Waals surface area contributed by atoms with E-state index >= 15 is 0 Å². The van der Waals surface area contributed by atoms with E-state index in [2.05, 4.69) is 10.4 Å². The third-order valence-corrected chi connectivity index (χ3v) is 5.94. The number of nitrogens with zero attached hydrogens (tertiary/aromatic N) is 3. The number of carbonyl (C=O) groups is 1. The van der Waals surface area contributed by atoms with Gasteiger partial charge in [-0.05, 0) is 48.6 Å². The Labute approximate surface area is 182 Å². The van der Waals surface area contributed by atoms with E-state index < -0.39 is 24.7 Å². The van der Waals surface area contributed by atoms with Crippen molar-refractivity contribution >= 4 is 17.4 Å². The lowest BCUT2D eigenvalue weighted by atomic mass is 9.90. The highest BCUT2D eigenvalue weighted by molar-refractivity contribution is 6.10. The van der Waals surface area contributed by atoms with Crippen LogP contribution in [-0.4, -0.2) is 41.5 Å². The fraction of sp³-hybridized carbons (Fsp3) is 0.364. The van der Waals surface area contributed by atoms with E-state index in [4.69, 9.17) is 10.5 Å². The van der Waals surface area contributed by atoms with E-state index in [-0.39, 0.29) is 23.3 Å². The van der Waals surface area contributed by atoms with Gasteiger partial charge in [-0.25, -0.2) is 10.4 Å². The minimum atomic E-state index is -4.55. The zero-order chi connectivity index (χ0) is 22.5. The van der Waals surface area contributed by atoms with E-state index in [0.29, 0.717) is 23.3 Å².